The Hall–Kier alpha value is -1.66. The quantitative estimate of drug-likeness (QED) is 0.821. The number of benzene rings is 1. The standard InChI is InChI=1S/C15H19NO4S/c1-10(7-8-21(2)19)16-9-13-14(15(17)18)11-5-3-4-6-12(11)20-13/h3-6,10,16H,7-9H2,1-2H3,(H,17,18). The van der Waals surface area contributed by atoms with Gasteiger partial charge in [0.15, 0.2) is 0 Å². The van der Waals surface area contributed by atoms with Crippen molar-refractivity contribution in [1.29, 1.82) is 0 Å². The summed E-state index contributed by atoms with van der Waals surface area (Å²) in [6, 6.07) is 7.25. The number of carboxylic acid groups (broad SMARTS) is 1. The van der Waals surface area contributed by atoms with Crippen molar-refractivity contribution < 1.29 is 18.5 Å². The molecule has 2 rings (SSSR count). The summed E-state index contributed by atoms with van der Waals surface area (Å²) < 4.78 is 16.7. The van der Waals surface area contributed by atoms with E-state index in [4.69, 9.17) is 4.42 Å². The van der Waals surface area contributed by atoms with Gasteiger partial charge in [0.2, 0.25) is 0 Å². The van der Waals surface area contributed by atoms with E-state index in [1.54, 1.807) is 24.5 Å². The lowest BCUT2D eigenvalue weighted by atomic mass is 10.1. The highest BCUT2D eigenvalue weighted by atomic mass is 32.2. The van der Waals surface area contributed by atoms with Crippen LogP contribution in [0.5, 0.6) is 0 Å². The number of carboxylic acids is 1. The van der Waals surface area contributed by atoms with Crippen LogP contribution in [0.4, 0.5) is 0 Å². The van der Waals surface area contributed by atoms with Gasteiger partial charge in [0.05, 0.1) is 6.54 Å². The van der Waals surface area contributed by atoms with Gasteiger partial charge in [-0.15, -0.1) is 0 Å². The fourth-order valence-electron chi connectivity index (χ4n) is 2.17. The zero-order valence-electron chi connectivity index (χ0n) is 12.1. The molecule has 21 heavy (non-hydrogen) atoms. The van der Waals surface area contributed by atoms with Crippen molar-refractivity contribution in [3.05, 3.63) is 35.6 Å². The molecule has 1 heterocycles. The SMILES string of the molecule is CC(CCS(C)=O)NCc1oc2ccccc2c1C(=O)O. The van der Waals surface area contributed by atoms with Crippen molar-refractivity contribution in [2.75, 3.05) is 12.0 Å². The molecule has 2 N–H and O–H groups in total. The van der Waals surface area contributed by atoms with Crippen LogP contribution < -0.4 is 5.32 Å². The normalized spacial score (nSPS) is 14.2. The Morgan fingerprint density at radius 1 is 1.43 bits per heavy atom. The predicted octanol–water partition coefficient (Wildman–Crippen LogP) is 2.38. The number of carbonyl (C=O) groups is 1. The molecular weight excluding hydrogens is 290 g/mol. The van der Waals surface area contributed by atoms with Gasteiger partial charge in [-0.25, -0.2) is 4.79 Å². The maximum absolute atomic E-state index is 11.4. The molecule has 0 fully saturated rings. The van der Waals surface area contributed by atoms with Crippen molar-refractivity contribution in [1.82, 2.24) is 5.32 Å². The van der Waals surface area contributed by atoms with Gasteiger partial charge in [0.1, 0.15) is 16.9 Å². The average Bonchev–Trinajstić information content (AvgIpc) is 2.81. The lowest BCUT2D eigenvalue weighted by molar-refractivity contribution is 0.0696. The van der Waals surface area contributed by atoms with Gasteiger partial charge in [0.25, 0.3) is 0 Å². The van der Waals surface area contributed by atoms with E-state index in [0.717, 1.165) is 6.42 Å². The number of rotatable bonds is 7. The van der Waals surface area contributed by atoms with E-state index in [9.17, 15) is 14.1 Å². The smallest absolute Gasteiger partial charge is 0.339 e. The second kappa shape index (κ2) is 6.87. The average molecular weight is 309 g/mol. The Labute approximate surface area is 125 Å². The Morgan fingerprint density at radius 2 is 2.14 bits per heavy atom. The van der Waals surface area contributed by atoms with Crippen LogP contribution >= 0.6 is 0 Å². The third-order valence-electron chi connectivity index (χ3n) is 3.33. The van der Waals surface area contributed by atoms with Crippen molar-refractivity contribution in [2.24, 2.45) is 0 Å². The van der Waals surface area contributed by atoms with Crippen LogP contribution in [0.3, 0.4) is 0 Å². The zero-order chi connectivity index (χ0) is 15.4. The molecule has 6 heteroatoms. The van der Waals surface area contributed by atoms with E-state index in [2.05, 4.69) is 5.32 Å². The molecule has 0 spiro atoms. The number of furan rings is 1. The summed E-state index contributed by atoms with van der Waals surface area (Å²) in [4.78, 5) is 11.4. The van der Waals surface area contributed by atoms with Gasteiger partial charge in [-0.2, -0.15) is 0 Å². The summed E-state index contributed by atoms with van der Waals surface area (Å²) in [7, 11) is -0.816. The van der Waals surface area contributed by atoms with E-state index in [1.807, 2.05) is 13.0 Å². The maximum Gasteiger partial charge on any atom is 0.339 e. The first-order valence-corrected chi connectivity index (χ1v) is 8.49. The summed E-state index contributed by atoms with van der Waals surface area (Å²) in [5, 5.41) is 13.2. The largest absolute Gasteiger partial charge is 0.478 e. The molecule has 0 radical (unpaired) electrons. The van der Waals surface area contributed by atoms with Gasteiger partial charge in [-0.3, -0.25) is 4.21 Å². The third-order valence-corrected chi connectivity index (χ3v) is 4.14. The summed E-state index contributed by atoms with van der Waals surface area (Å²) >= 11 is 0. The van der Waals surface area contributed by atoms with Crippen LogP contribution in [-0.4, -0.2) is 33.3 Å². The lowest BCUT2D eigenvalue weighted by Crippen LogP contribution is -2.27. The summed E-state index contributed by atoms with van der Waals surface area (Å²) in [5.74, 6) is 0.0623. The van der Waals surface area contributed by atoms with Gasteiger partial charge >= 0.3 is 5.97 Å². The number of para-hydroxylation sites is 1. The molecule has 0 saturated heterocycles. The topological polar surface area (TPSA) is 79.5 Å². The third kappa shape index (κ3) is 3.92. The molecule has 5 nitrogen and oxygen atoms in total. The van der Waals surface area contributed by atoms with E-state index in [-0.39, 0.29) is 11.6 Å². The first-order chi connectivity index (χ1) is 9.99. The number of aromatic carboxylic acids is 1. The second-order valence-corrected chi connectivity index (χ2v) is 6.60. The van der Waals surface area contributed by atoms with Crippen LogP contribution in [0.25, 0.3) is 11.0 Å². The molecule has 2 atom stereocenters. The molecule has 2 unspecified atom stereocenters. The van der Waals surface area contributed by atoms with E-state index in [0.29, 0.717) is 29.0 Å². The first-order valence-electron chi connectivity index (χ1n) is 6.76. The van der Waals surface area contributed by atoms with Crippen molar-refractivity contribution in [3.8, 4) is 0 Å². The van der Waals surface area contributed by atoms with Crippen LogP contribution in [0.15, 0.2) is 28.7 Å². The number of fused-ring (bicyclic) bond motifs is 1. The molecule has 0 aliphatic rings. The minimum Gasteiger partial charge on any atom is -0.478 e. The fraction of sp³-hybridized carbons (Fsp3) is 0.400. The highest BCUT2D eigenvalue weighted by Crippen LogP contribution is 2.25. The van der Waals surface area contributed by atoms with Crippen molar-refractivity contribution in [3.63, 3.8) is 0 Å². The Morgan fingerprint density at radius 3 is 2.81 bits per heavy atom. The first kappa shape index (κ1) is 15.7. The summed E-state index contributed by atoms with van der Waals surface area (Å²) in [6.45, 7) is 2.32. The van der Waals surface area contributed by atoms with E-state index >= 15 is 0 Å². The van der Waals surface area contributed by atoms with Crippen LogP contribution in [0, 0.1) is 0 Å². The van der Waals surface area contributed by atoms with Gasteiger partial charge < -0.3 is 14.8 Å². The van der Waals surface area contributed by atoms with Crippen LogP contribution in [0.1, 0.15) is 29.5 Å². The van der Waals surface area contributed by atoms with Gasteiger partial charge in [-0.1, -0.05) is 18.2 Å². The highest BCUT2D eigenvalue weighted by Gasteiger charge is 2.20. The zero-order valence-corrected chi connectivity index (χ0v) is 12.9. The molecule has 0 aliphatic heterocycles. The fourth-order valence-corrected chi connectivity index (χ4v) is 2.85. The van der Waals surface area contributed by atoms with Crippen molar-refractivity contribution >= 4 is 27.7 Å². The molecule has 1 aromatic carbocycles. The highest BCUT2D eigenvalue weighted by molar-refractivity contribution is 7.84. The maximum atomic E-state index is 11.4. The summed E-state index contributed by atoms with van der Waals surface area (Å²) in [5.41, 5.74) is 0.790. The van der Waals surface area contributed by atoms with Gasteiger partial charge in [0, 0.05) is 34.2 Å². The molecule has 0 amide bonds. The predicted molar refractivity (Wildman–Crippen MR) is 83.0 cm³/mol. The molecule has 1 aromatic heterocycles. The summed E-state index contributed by atoms with van der Waals surface area (Å²) in [6.07, 6.45) is 2.44. The van der Waals surface area contributed by atoms with E-state index in [1.165, 1.54) is 0 Å². The molecule has 0 saturated carbocycles. The number of nitrogens with one attached hydrogen (secondary N) is 1. The minimum atomic E-state index is -0.987. The number of hydrogen-bond acceptors (Lipinski definition) is 4. The lowest BCUT2D eigenvalue weighted by Gasteiger charge is -2.12. The molecule has 2 aromatic rings. The minimum absolute atomic E-state index is 0.142. The van der Waals surface area contributed by atoms with Crippen molar-refractivity contribution in [2.45, 2.75) is 25.9 Å². The monoisotopic (exact) mass is 309 g/mol. The second-order valence-electron chi connectivity index (χ2n) is 5.05. The molecule has 114 valence electrons. The Bertz CT molecular complexity index is 665. The Kier molecular flexibility index (Phi) is 5.14. The van der Waals surface area contributed by atoms with Crippen LogP contribution in [0.2, 0.25) is 0 Å². The number of hydrogen-bond donors (Lipinski definition) is 2. The van der Waals surface area contributed by atoms with Crippen LogP contribution in [-0.2, 0) is 17.3 Å². The Balaban J connectivity index is 2.13. The van der Waals surface area contributed by atoms with Gasteiger partial charge in [-0.05, 0) is 19.4 Å². The molecule has 0 bridgehead atoms. The van der Waals surface area contributed by atoms with E-state index < -0.39 is 16.8 Å². The molecular formula is C15H19NO4S. The molecule has 0 aliphatic carbocycles.